The molecule has 20 heavy (non-hydrogen) atoms. The molecule has 0 heterocycles. The van der Waals surface area contributed by atoms with E-state index in [1.807, 2.05) is 13.0 Å². The Morgan fingerprint density at radius 1 is 1.40 bits per heavy atom. The topological polar surface area (TPSA) is 26.0 Å². The van der Waals surface area contributed by atoms with Gasteiger partial charge in [0.2, 0.25) is 0 Å². The summed E-state index contributed by atoms with van der Waals surface area (Å²) in [6.07, 6.45) is 6.74. The largest absolute Gasteiger partial charge is 0.325 e. The number of rotatable bonds is 4. The number of nitrogens with two attached hydrogens (primary N) is 1. The fourth-order valence-corrected chi connectivity index (χ4v) is 3.76. The van der Waals surface area contributed by atoms with Crippen molar-refractivity contribution in [1.82, 2.24) is 0 Å². The van der Waals surface area contributed by atoms with Crippen LogP contribution in [0.5, 0.6) is 0 Å². The highest BCUT2D eigenvalue weighted by atomic mass is 19.1. The molecule has 1 aromatic carbocycles. The van der Waals surface area contributed by atoms with Crippen LogP contribution >= 0.6 is 0 Å². The molecule has 2 heteroatoms. The molecule has 0 bridgehead atoms. The first-order valence-electron chi connectivity index (χ1n) is 7.92. The van der Waals surface area contributed by atoms with Gasteiger partial charge in [0.05, 0.1) is 0 Å². The van der Waals surface area contributed by atoms with Crippen molar-refractivity contribution in [1.29, 1.82) is 0 Å². The summed E-state index contributed by atoms with van der Waals surface area (Å²) in [5, 5.41) is 0. The van der Waals surface area contributed by atoms with Crippen LogP contribution in [0.1, 0.15) is 57.1 Å². The molecule has 0 amide bonds. The van der Waals surface area contributed by atoms with E-state index in [9.17, 15) is 4.39 Å². The molecule has 2 unspecified atom stereocenters. The van der Waals surface area contributed by atoms with Gasteiger partial charge < -0.3 is 5.73 Å². The molecule has 2 atom stereocenters. The maximum Gasteiger partial charge on any atom is 0.123 e. The van der Waals surface area contributed by atoms with E-state index in [0.29, 0.717) is 0 Å². The first-order chi connectivity index (χ1) is 9.38. The number of aryl methyl sites for hydroxylation is 1. The number of hydrogen-bond donors (Lipinski definition) is 1. The van der Waals surface area contributed by atoms with Gasteiger partial charge >= 0.3 is 0 Å². The van der Waals surface area contributed by atoms with Crippen LogP contribution < -0.4 is 5.73 Å². The Hall–Kier alpha value is -0.890. The standard InChI is InChI=1S/C18H28FN/c1-13(2)9-15-5-4-8-18(20,11-15)12-16-10-17(19)7-6-14(16)3/h6-7,10,13,15H,4-5,8-9,11-12,20H2,1-3H3. The third-order valence-electron chi connectivity index (χ3n) is 4.64. The van der Waals surface area contributed by atoms with Crippen molar-refractivity contribution in [3.63, 3.8) is 0 Å². The highest BCUT2D eigenvalue weighted by Crippen LogP contribution is 2.36. The molecule has 1 aliphatic carbocycles. The Labute approximate surface area is 122 Å². The van der Waals surface area contributed by atoms with Gasteiger partial charge in [-0.1, -0.05) is 32.8 Å². The van der Waals surface area contributed by atoms with E-state index in [1.165, 1.54) is 25.3 Å². The SMILES string of the molecule is Cc1ccc(F)cc1CC1(N)CCCC(CC(C)C)C1. The Kier molecular flexibility index (Phi) is 4.85. The summed E-state index contributed by atoms with van der Waals surface area (Å²) < 4.78 is 13.4. The van der Waals surface area contributed by atoms with Crippen LogP contribution in [0.15, 0.2) is 18.2 Å². The molecule has 1 saturated carbocycles. The van der Waals surface area contributed by atoms with Gasteiger partial charge in [0.25, 0.3) is 0 Å². The minimum absolute atomic E-state index is 0.142. The summed E-state index contributed by atoms with van der Waals surface area (Å²) in [5.41, 5.74) is 8.75. The van der Waals surface area contributed by atoms with Gasteiger partial charge in [0.15, 0.2) is 0 Å². The van der Waals surface area contributed by atoms with Crippen LogP contribution in [0, 0.1) is 24.6 Å². The lowest BCUT2D eigenvalue weighted by Gasteiger charge is -2.39. The third-order valence-corrected chi connectivity index (χ3v) is 4.64. The summed E-state index contributed by atoms with van der Waals surface area (Å²) in [6.45, 7) is 6.61. The second-order valence-corrected chi connectivity index (χ2v) is 7.20. The molecule has 1 aliphatic rings. The van der Waals surface area contributed by atoms with Crippen LogP contribution in [-0.4, -0.2) is 5.54 Å². The zero-order chi connectivity index (χ0) is 14.8. The first-order valence-corrected chi connectivity index (χ1v) is 7.92. The molecule has 2 rings (SSSR count). The highest BCUT2D eigenvalue weighted by molar-refractivity contribution is 5.28. The fraction of sp³-hybridized carbons (Fsp3) is 0.667. The second kappa shape index (κ2) is 6.26. The molecule has 2 N–H and O–H groups in total. The van der Waals surface area contributed by atoms with Gasteiger partial charge in [0.1, 0.15) is 5.82 Å². The Morgan fingerprint density at radius 3 is 2.85 bits per heavy atom. The summed E-state index contributed by atoms with van der Waals surface area (Å²) in [4.78, 5) is 0. The van der Waals surface area contributed by atoms with E-state index in [1.54, 1.807) is 6.07 Å². The maximum atomic E-state index is 13.4. The van der Waals surface area contributed by atoms with E-state index in [2.05, 4.69) is 13.8 Å². The van der Waals surface area contributed by atoms with Crippen molar-refractivity contribution in [3.05, 3.63) is 35.1 Å². The van der Waals surface area contributed by atoms with E-state index < -0.39 is 0 Å². The van der Waals surface area contributed by atoms with Crippen LogP contribution in [0.4, 0.5) is 4.39 Å². The molecule has 0 spiro atoms. The lowest BCUT2D eigenvalue weighted by Crippen LogP contribution is -2.46. The van der Waals surface area contributed by atoms with E-state index in [4.69, 9.17) is 5.73 Å². The summed E-state index contributed by atoms with van der Waals surface area (Å²) in [7, 11) is 0. The first kappa shape index (κ1) is 15.5. The second-order valence-electron chi connectivity index (χ2n) is 7.20. The summed E-state index contributed by atoms with van der Waals surface area (Å²) >= 11 is 0. The Bertz CT molecular complexity index is 455. The average molecular weight is 277 g/mol. The molecule has 0 aromatic heterocycles. The third kappa shape index (κ3) is 4.05. The van der Waals surface area contributed by atoms with Gasteiger partial charge in [-0.15, -0.1) is 0 Å². The highest BCUT2D eigenvalue weighted by Gasteiger charge is 2.33. The predicted molar refractivity (Wildman–Crippen MR) is 83.2 cm³/mol. The van der Waals surface area contributed by atoms with E-state index in [0.717, 1.165) is 42.2 Å². The van der Waals surface area contributed by atoms with Crippen molar-refractivity contribution in [2.24, 2.45) is 17.6 Å². The van der Waals surface area contributed by atoms with Crippen LogP contribution in [-0.2, 0) is 6.42 Å². The molecule has 1 fully saturated rings. The molecule has 0 aliphatic heterocycles. The Morgan fingerprint density at radius 2 is 2.15 bits per heavy atom. The van der Waals surface area contributed by atoms with Crippen molar-refractivity contribution >= 4 is 0 Å². The average Bonchev–Trinajstić information content (AvgIpc) is 2.32. The lowest BCUT2D eigenvalue weighted by molar-refractivity contribution is 0.200. The van der Waals surface area contributed by atoms with Crippen molar-refractivity contribution in [3.8, 4) is 0 Å². The summed E-state index contributed by atoms with van der Waals surface area (Å²) in [5.74, 6) is 1.32. The van der Waals surface area contributed by atoms with Gasteiger partial charge in [-0.2, -0.15) is 0 Å². The summed E-state index contributed by atoms with van der Waals surface area (Å²) in [6, 6.07) is 5.06. The molecular weight excluding hydrogens is 249 g/mol. The lowest BCUT2D eigenvalue weighted by atomic mass is 9.71. The zero-order valence-electron chi connectivity index (χ0n) is 13.1. The number of halogens is 1. The van der Waals surface area contributed by atoms with E-state index >= 15 is 0 Å². The van der Waals surface area contributed by atoms with Crippen LogP contribution in [0.3, 0.4) is 0 Å². The zero-order valence-corrected chi connectivity index (χ0v) is 13.1. The van der Waals surface area contributed by atoms with Crippen LogP contribution in [0.25, 0.3) is 0 Å². The molecule has 1 aromatic rings. The number of benzene rings is 1. The fourth-order valence-electron chi connectivity index (χ4n) is 3.76. The van der Waals surface area contributed by atoms with Gasteiger partial charge in [-0.05, 0) is 67.7 Å². The van der Waals surface area contributed by atoms with Gasteiger partial charge in [-0.3, -0.25) is 0 Å². The van der Waals surface area contributed by atoms with Gasteiger partial charge in [-0.25, -0.2) is 4.39 Å². The Balaban J connectivity index is 2.08. The molecule has 1 nitrogen and oxygen atoms in total. The van der Waals surface area contributed by atoms with Gasteiger partial charge in [0, 0.05) is 5.54 Å². The van der Waals surface area contributed by atoms with E-state index in [-0.39, 0.29) is 11.4 Å². The van der Waals surface area contributed by atoms with Crippen molar-refractivity contribution < 1.29 is 4.39 Å². The van der Waals surface area contributed by atoms with Crippen molar-refractivity contribution in [2.75, 3.05) is 0 Å². The smallest absolute Gasteiger partial charge is 0.123 e. The molecule has 0 saturated heterocycles. The minimum Gasteiger partial charge on any atom is -0.325 e. The monoisotopic (exact) mass is 277 g/mol. The molecular formula is C18H28FN. The van der Waals surface area contributed by atoms with Crippen LogP contribution in [0.2, 0.25) is 0 Å². The maximum absolute atomic E-state index is 13.4. The molecule has 112 valence electrons. The predicted octanol–water partition coefficient (Wildman–Crippen LogP) is 4.61. The number of hydrogen-bond acceptors (Lipinski definition) is 1. The van der Waals surface area contributed by atoms with Crippen molar-refractivity contribution in [2.45, 2.75) is 64.8 Å². The minimum atomic E-state index is -0.149. The quantitative estimate of drug-likeness (QED) is 0.854. The normalized spacial score (nSPS) is 27.0. The molecule has 0 radical (unpaired) electrons.